The second-order valence-corrected chi connectivity index (χ2v) is 2.99. The Labute approximate surface area is 84.2 Å². The van der Waals surface area contributed by atoms with Crippen molar-refractivity contribution in [2.45, 2.75) is 13.3 Å². The highest BCUT2D eigenvalue weighted by molar-refractivity contribution is 4.89. The normalized spacial score (nSPS) is 9.36. The van der Waals surface area contributed by atoms with Crippen LogP contribution in [0, 0.1) is 0 Å². The Morgan fingerprint density at radius 3 is 2.21 bits per heavy atom. The summed E-state index contributed by atoms with van der Waals surface area (Å²) in [6, 6.07) is 1.89. The molecule has 0 N–H and O–H groups in total. The molecule has 2 aromatic rings. The Morgan fingerprint density at radius 2 is 2.00 bits per heavy atom. The van der Waals surface area contributed by atoms with E-state index in [0.717, 1.165) is 12.2 Å². The molecule has 0 fully saturated rings. The van der Waals surface area contributed by atoms with Crippen LogP contribution in [0.1, 0.15) is 12.7 Å². The molecule has 2 heterocycles. The molecule has 0 amide bonds. The van der Waals surface area contributed by atoms with E-state index in [2.05, 4.69) is 17.0 Å². The highest BCUT2D eigenvalue weighted by atomic mass is 15.2. The minimum absolute atomic E-state index is 1.02. The lowest BCUT2D eigenvalue weighted by atomic mass is 10.5. The van der Waals surface area contributed by atoms with Gasteiger partial charge in [-0.3, -0.25) is 4.68 Å². The van der Waals surface area contributed by atoms with Gasteiger partial charge in [0.2, 0.25) is 0 Å². The molecule has 4 nitrogen and oxygen atoms in total. The summed E-state index contributed by atoms with van der Waals surface area (Å²) in [6.45, 7) is 2.10. The van der Waals surface area contributed by atoms with Crippen LogP contribution >= 0.6 is 0 Å². The van der Waals surface area contributed by atoms with Gasteiger partial charge >= 0.3 is 0 Å². The molecule has 0 radical (unpaired) electrons. The molecule has 0 aromatic carbocycles. The van der Waals surface area contributed by atoms with Crippen molar-refractivity contribution in [3.05, 3.63) is 36.7 Å². The third-order valence-corrected chi connectivity index (χ3v) is 1.87. The van der Waals surface area contributed by atoms with E-state index in [9.17, 15) is 0 Å². The first kappa shape index (κ1) is 10.5. The average molecular weight is 192 g/mol. The van der Waals surface area contributed by atoms with Crippen molar-refractivity contribution in [3.8, 4) is 0 Å². The summed E-state index contributed by atoms with van der Waals surface area (Å²) in [7, 11) is 3.89. The van der Waals surface area contributed by atoms with Crippen molar-refractivity contribution in [1.82, 2.24) is 19.3 Å². The summed E-state index contributed by atoms with van der Waals surface area (Å²) < 4.78 is 3.78. The first-order valence-corrected chi connectivity index (χ1v) is 4.64. The van der Waals surface area contributed by atoms with Crippen LogP contribution in [0.5, 0.6) is 0 Å². The maximum Gasteiger partial charge on any atom is 0.108 e. The van der Waals surface area contributed by atoms with E-state index in [-0.39, 0.29) is 0 Å². The fourth-order valence-corrected chi connectivity index (χ4v) is 1.08. The standard InChI is InChI=1S/C6H10N2.C4H6N2/c1-3-6-7-4-5-8(6)2;1-6-4-2-3-5-6/h4-5H,3H2,1-2H3;2-4H,1H3. The molecule has 0 unspecified atom stereocenters. The summed E-state index contributed by atoms with van der Waals surface area (Å²) >= 11 is 0. The summed E-state index contributed by atoms with van der Waals surface area (Å²) in [5.74, 6) is 1.14. The number of hydrogen-bond acceptors (Lipinski definition) is 2. The van der Waals surface area contributed by atoms with E-state index in [1.54, 1.807) is 10.9 Å². The number of hydrogen-bond donors (Lipinski definition) is 0. The molecule has 0 bridgehead atoms. The quantitative estimate of drug-likeness (QED) is 0.684. The van der Waals surface area contributed by atoms with E-state index in [1.807, 2.05) is 43.3 Å². The third kappa shape index (κ3) is 3.05. The van der Waals surface area contributed by atoms with Crippen molar-refractivity contribution in [3.63, 3.8) is 0 Å². The maximum atomic E-state index is 4.10. The van der Waals surface area contributed by atoms with Gasteiger partial charge in [0.05, 0.1) is 0 Å². The number of nitrogens with zero attached hydrogens (tertiary/aromatic N) is 4. The van der Waals surface area contributed by atoms with E-state index in [4.69, 9.17) is 0 Å². The fraction of sp³-hybridized carbons (Fsp3) is 0.400. The third-order valence-electron chi connectivity index (χ3n) is 1.87. The van der Waals surface area contributed by atoms with Crippen LogP contribution < -0.4 is 0 Å². The van der Waals surface area contributed by atoms with Gasteiger partial charge in [0, 0.05) is 45.3 Å². The van der Waals surface area contributed by atoms with Crippen LogP contribution in [0.15, 0.2) is 30.9 Å². The lowest BCUT2D eigenvalue weighted by Crippen LogP contribution is -1.92. The summed E-state index contributed by atoms with van der Waals surface area (Å²) in [5.41, 5.74) is 0. The lowest BCUT2D eigenvalue weighted by Gasteiger charge is -1.92. The molecule has 0 saturated carbocycles. The first-order chi connectivity index (χ1) is 6.74. The van der Waals surface area contributed by atoms with E-state index < -0.39 is 0 Å². The molecule has 14 heavy (non-hydrogen) atoms. The first-order valence-electron chi connectivity index (χ1n) is 4.64. The second-order valence-electron chi connectivity index (χ2n) is 2.99. The van der Waals surface area contributed by atoms with Gasteiger partial charge < -0.3 is 4.57 Å². The van der Waals surface area contributed by atoms with Crippen LogP contribution in [0.25, 0.3) is 0 Å². The van der Waals surface area contributed by atoms with Crippen molar-refractivity contribution in [1.29, 1.82) is 0 Å². The molecule has 2 aromatic heterocycles. The van der Waals surface area contributed by atoms with Gasteiger partial charge in [0.25, 0.3) is 0 Å². The molecule has 0 aliphatic heterocycles. The molecule has 76 valence electrons. The van der Waals surface area contributed by atoms with Gasteiger partial charge in [-0.05, 0) is 6.07 Å². The molecular weight excluding hydrogens is 176 g/mol. The van der Waals surface area contributed by atoms with Crippen LogP contribution in [-0.2, 0) is 20.5 Å². The molecule has 0 aliphatic rings. The molecule has 0 saturated heterocycles. The minimum atomic E-state index is 1.02. The Hall–Kier alpha value is -1.58. The Bertz CT molecular complexity index is 348. The van der Waals surface area contributed by atoms with Crippen molar-refractivity contribution < 1.29 is 0 Å². The highest BCUT2D eigenvalue weighted by Gasteiger charge is 1.90. The molecule has 2 rings (SSSR count). The number of imidazole rings is 1. The maximum absolute atomic E-state index is 4.10. The fourth-order valence-electron chi connectivity index (χ4n) is 1.08. The van der Waals surface area contributed by atoms with Crippen molar-refractivity contribution >= 4 is 0 Å². The van der Waals surface area contributed by atoms with Crippen LogP contribution in [0.2, 0.25) is 0 Å². The van der Waals surface area contributed by atoms with Crippen LogP contribution in [-0.4, -0.2) is 19.3 Å². The number of aryl methyl sites for hydroxylation is 3. The van der Waals surface area contributed by atoms with Crippen molar-refractivity contribution in [2.24, 2.45) is 14.1 Å². The van der Waals surface area contributed by atoms with Crippen molar-refractivity contribution in [2.75, 3.05) is 0 Å². The van der Waals surface area contributed by atoms with E-state index >= 15 is 0 Å². The molecular formula is C10H16N4. The Balaban J connectivity index is 0.000000146. The summed E-state index contributed by atoms with van der Waals surface area (Å²) in [5, 5.41) is 3.83. The Kier molecular flexibility index (Phi) is 3.91. The summed E-state index contributed by atoms with van der Waals surface area (Å²) in [4.78, 5) is 4.10. The predicted octanol–water partition coefficient (Wildman–Crippen LogP) is 1.40. The number of rotatable bonds is 1. The monoisotopic (exact) mass is 192 g/mol. The van der Waals surface area contributed by atoms with E-state index in [1.165, 1.54) is 0 Å². The van der Waals surface area contributed by atoms with Gasteiger partial charge in [0.15, 0.2) is 0 Å². The Morgan fingerprint density at radius 1 is 1.21 bits per heavy atom. The van der Waals surface area contributed by atoms with Gasteiger partial charge in [0.1, 0.15) is 5.82 Å². The zero-order valence-electron chi connectivity index (χ0n) is 8.88. The molecule has 0 aliphatic carbocycles. The zero-order valence-corrected chi connectivity index (χ0v) is 8.88. The molecule has 4 heteroatoms. The van der Waals surface area contributed by atoms with Crippen LogP contribution in [0.3, 0.4) is 0 Å². The topological polar surface area (TPSA) is 35.6 Å². The second kappa shape index (κ2) is 5.21. The van der Waals surface area contributed by atoms with Crippen LogP contribution in [0.4, 0.5) is 0 Å². The average Bonchev–Trinajstić information content (AvgIpc) is 2.77. The zero-order chi connectivity index (χ0) is 10.4. The number of aromatic nitrogens is 4. The molecule has 0 atom stereocenters. The smallest absolute Gasteiger partial charge is 0.108 e. The SMILES string of the molecule is CCc1nccn1C.Cn1cccn1. The van der Waals surface area contributed by atoms with Gasteiger partial charge in [-0.25, -0.2) is 4.98 Å². The lowest BCUT2D eigenvalue weighted by molar-refractivity contribution is 0.768. The van der Waals surface area contributed by atoms with Gasteiger partial charge in [-0.2, -0.15) is 5.10 Å². The van der Waals surface area contributed by atoms with Gasteiger partial charge in [-0.1, -0.05) is 6.92 Å². The minimum Gasteiger partial charge on any atom is -0.338 e. The highest BCUT2D eigenvalue weighted by Crippen LogP contribution is 1.92. The van der Waals surface area contributed by atoms with Gasteiger partial charge in [-0.15, -0.1) is 0 Å². The summed E-state index contributed by atoms with van der Waals surface area (Å²) in [6.07, 6.45) is 8.43. The largest absolute Gasteiger partial charge is 0.338 e. The predicted molar refractivity (Wildman–Crippen MR) is 55.8 cm³/mol. The van der Waals surface area contributed by atoms with E-state index in [0.29, 0.717) is 0 Å². The molecule has 0 spiro atoms.